The summed E-state index contributed by atoms with van der Waals surface area (Å²) in [6.45, 7) is 0.271. The number of ether oxygens (including phenoxy) is 1. The molecule has 0 saturated heterocycles. The van der Waals surface area contributed by atoms with Crippen molar-refractivity contribution in [3.8, 4) is 5.75 Å². The van der Waals surface area contributed by atoms with Gasteiger partial charge >= 0.3 is 6.18 Å². The number of hydrogen-bond donors (Lipinski definition) is 2. The van der Waals surface area contributed by atoms with E-state index in [0.717, 1.165) is 5.56 Å². The Labute approximate surface area is 102 Å². The number of carbonyl (C=O) groups is 1. The Morgan fingerprint density at radius 3 is 2.61 bits per heavy atom. The Morgan fingerprint density at radius 2 is 2.11 bits per heavy atom. The Balaban J connectivity index is 2.81. The predicted octanol–water partition coefficient (Wildman–Crippen LogP) is 2.04. The molecular formula is C11H13F3N2O2. The van der Waals surface area contributed by atoms with Crippen molar-refractivity contribution >= 4 is 11.6 Å². The quantitative estimate of drug-likeness (QED) is 0.872. The fourth-order valence-electron chi connectivity index (χ4n) is 1.34. The van der Waals surface area contributed by atoms with Gasteiger partial charge in [0.25, 0.3) is 0 Å². The van der Waals surface area contributed by atoms with E-state index in [9.17, 15) is 18.0 Å². The van der Waals surface area contributed by atoms with E-state index in [1.807, 2.05) is 0 Å². The van der Waals surface area contributed by atoms with Crippen LogP contribution in [0.4, 0.5) is 18.9 Å². The number of alkyl halides is 3. The van der Waals surface area contributed by atoms with Crippen LogP contribution in [-0.4, -0.2) is 19.2 Å². The number of nitrogens with one attached hydrogen (secondary N) is 1. The largest absolute Gasteiger partial charge is 0.495 e. The number of halogens is 3. The highest BCUT2D eigenvalue weighted by atomic mass is 19.4. The molecule has 18 heavy (non-hydrogen) atoms. The Morgan fingerprint density at radius 1 is 1.44 bits per heavy atom. The van der Waals surface area contributed by atoms with E-state index in [0.29, 0.717) is 0 Å². The molecule has 7 heteroatoms. The van der Waals surface area contributed by atoms with E-state index in [1.54, 1.807) is 12.1 Å². The fourth-order valence-corrected chi connectivity index (χ4v) is 1.34. The molecule has 0 aromatic heterocycles. The molecule has 0 spiro atoms. The van der Waals surface area contributed by atoms with Gasteiger partial charge in [-0.05, 0) is 17.7 Å². The van der Waals surface area contributed by atoms with Crippen molar-refractivity contribution < 1.29 is 22.7 Å². The van der Waals surface area contributed by atoms with E-state index >= 15 is 0 Å². The molecule has 1 rings (SSSR count). The second kappa shape index (κ2) is 5.72. The maximum atomic E-state index is 12.0. The lowest BCUT2D eigenvalue weighted by atomic mass is 10.2. The first-order valence-corrected chi connectivity index (χ1v) is 5.09. The molecule has 100 valence electrons. The maximum absolute atomic E-state index is 12.0. The zero-order chi connectivity index (χ0) is 13.8. The number of methoxy groups -OCH3 is 1. The van der Waals surface area contributed by atoms with Gasteiger partial charge in [-0.25, -0.2) is 0 Å². The van der Waals surface area contributed by atoms with Crippen LogP contribution in [0.5, 0.6) is 5.75 Å². The molecule has 1 aromatic rings. The van der Waals surface area contributed by atoms with E-state index in [1.165, 1.54) is 13.2 Å². The van der Waals surface area contributed by atoms with Gasteiger partial charge in [0.15, 0.2) is 0 Å². The minimum absolute atomic E-state index is 0.184. The Hall–Kier alpha value is -1.76. The van der Waals surface area contributed by atoms with Crippen LogP contribution >= 0.6 is 0 Å². The lowest BCUT2D eigenvalue weighted by molar-refractivity contribution is -0.150. The van der Waals surface area contributed by atoms with Crippen LogP contribution in [0.2, 0.25) is 0 Å². The number of benzene rings is 1. The molecule has 0 unspecified atom stereocenters. The number of rotatable bonds is 4. The summed E-state index contributed by atoms with van der Waals surface area (Å²) in [5.74, 6) is -0.866. The molecule has 0 saturated carbocycles. The van der Waals surface area contributed by atoms with Crippen molar-refractivity contribution in [1.29, 1.82) is 0 Å². The zero-order valence-corrected chi connectivity index (χ0v) is 9.67. The summed E-state index contributed by atoms with van der Waals surface area (Å²) >= 11 is 0. The first-order valence-electron chi connectivity index (χ1n) is 5.09. The molecule has 0 atom stereocenters. The van der Waals surface area contributed by atoms with Crippen LogP contribution < -0.4 is 15.8 Å². The van der Waals surface area contributed by atoms with Gasteiger partial charge < -0.3 is 15.8 Å². The highest BCUT2D eigenvalue weighted by molar-refractivity contribution is 5.92. The summed E-state index contributed by atoms with van der Waals surface area (Å²) in [6.07, 6.45) is -6.07. The molecule has 0 bridgehead atoms. The lowest BCUT2D eigenvalue weighted by Gasteiger charge is -2.12. The second-order valence-electron chi connectivity index (χ2n) is 3.58. The maximum Gasteiger partial charge on any atom is 0.397 e. The van der Waals surface area contributed by atoms with Gasteiger partial charge in [-0.3, -0.25) is 4.79 Å². The van der Waals surface area contributed by atoms with Gasteiger partial charge in [0.05, 0.1) is 12.8 Å². The Kier molecular flexibility index (Phi) is 4.55. The van der Waals surface area contributed by atoms with Crippen molar-refractivity contribution in [3.63, 3.8) is 0 Å². The average molecular weight is 262 g/mol. The van der Waals surface area contributed by atoms with Gasteiger partial charge in [-0.2, -0.15) is 13.2 Å². The number of amides is 1. The second-order valence-corrected chi connectivity index (χ2v) is 3.58. The summed E-state index contributed by atoms with van der Waals surface area (Å²) in [5.41, 5.74) is 6.35. The highest BCUT2D eigenvalue weighted by Gasteiger charge is 2.31. The average Bonchev–Trinajstić information content (AvgIpc) is 2.27. The summed E-state index contributed by atoms with van der Waals surface area (Å²) in [5, 5.41) is 2.14. The van der Waals surface area contributed by atoms with Gasteiger partial charge in [-0.15, -0.1) is 0 Å². The van der Waals surface area contributed by atoms with E-state index in [2.05, 4.69) is 5.32 Å². The summed E-state index contributed by atoms with van der Waals surface area (Å²) < 4.78 is 41.0. The highest BCUT2D eigenvalue weighted by Crippen LogP contribution is 2.27. The van der Waals surface area contributed by atoms with Crippen LogP contribution in [-0.2, 0) is 11.3 Å². The van der Waals surface area contributed by atoms with Crippen molar-refractivity contribution in [3.05, 3.63) is 23.8 Å². The molecule has 0 aliphatic heterocycles. The third-order valence-corrected chi connectivity index (χ3v) is 2.14. The van der Waals surface area contributed by atoms with Crippen molar-refractivity contribution in [2.24, 2.45) is 5.73 Å². The topological polar surface area (TPSA) is 64.3 Å². The molecule has 0 aliphatic carbocycles. The number of anilines is 1. The minimum atomic E-state index is -4.53. The summed E-state index contributed by atoms with van der Waals surface area (Å²) in [4.78, 5) is 11.1. The van der Waals surface area contributed by atoms with Crippen LogP contribution in [0.3, 0.4) is 0 Å². The molecule has 3 N–H and O–H groups in total. The monoisotopic (exact) mass is 262 g/mol. The normalized spacial score (nSPS) is 11.2. The summed E-state index contributed by atoms with van der Waals surface area (Å²) in [6, 6.07) is 4.62. The van der Waals surface area contributed by atoms with Gasteiger partial charge in [0, 0.05) is 6.54 Å². The number of carbonyl (C=O) groups excluding carboxylic acids is 1. The number of nitrogens with two attached hydrogens (primary N) is 1. The van der Waals surface area contributed by atoms with Crippen LogP contribution in [0.1, 0.15) is 12.0 Å². The van der Waals surface area contributed by atoms with E-state index in [-0.39, 0.29) is 18.0 Å². The molecular weight excluding hydrogens is 249 g/mol. The number of hydrogen-bond acceptors (Lipinski definition) is 3. The first-order chi connectivity index (χ1) is 8.35. The standard InChI is InChI=1S/C11H13F3N2O2/c1-18-9-4-7(6-15)2-3-8(9)16-10(17)5-11(12,13)14/h2-4H,5-6,15H2,1H3,(H,16,17). The molecule has 0 radical (unpaired) electrons. The van der Waals surface area contributed by atoms with Crippen molar-refractivity contribution in [1.82, 2.24) is 0 Å². The minimum Gasteiger partial charge on any atom is -0.495 e. The van der Waals surface area contributed by atoms with E-state index < -0.39 is 18.5 Å². The summed E-state index contributed by atoms with van der Waals surface area (Å²) in [7, 11) is 1.36. The lowest BCUT2D eigenvalue weighted by Crippen LogP contribution is -2.21. The third-order valence-electron chi connectivity index (χ3n) is 2.14. The third kappa shape index (κ3) is 4.25. The van der Waals surface area contributed by atoms with Gasteiger partial charge in [-0.1, -0.05) is 6.07 Å². The van der Waals surface area contributed by atoms with Crippen molar-refractivity contribution in [2.45, 2.75) is 19.1 Å². The Bertz CT molecular complexity index is 433. The molecule has 1 amide bonds. The van der Waals surface area contributed by atoms with Crippen LogP contribution in [0.25, 0.3) is 0 Å². The fraction of sp³-hybridized carbons (Fsp3) is 0.364. The molecule has 1 aromatic carbocycles. The molecule has 0 aliphatic rings. The van der Waals surface area contributed by atoms with Crippen molar-refractivity contribution in [2.75, 3.05) is 12.4 Å². The first kappa shape index (κ1) is 14.3. The SMILES string of the molecule is COc1cc(CN)ccc1NC(=O)CC(F)(F)F. The van der Waals surface area contributed by atoms with Crippen LogP contribution in [0.15, 0.2) is 18.2 Å². The van der Waals surface area contributed by atoms with Gasteiger partial charge in [0.2, 0.25) is 5.91 Å². The molecule has 0 fully saturated rings. The smallest absolute Gasteiger partial charge is 0.397 e. The molecule has 4 nitrogen and oxygen atoms in total. The van der Waals surface area contributed by atoms with E-state index in [4.69, 9.17) is 10.5 Å². The zero-order valence-electron chi connectivity index (χ0n) is 9.67. The van der Waals surface area contributed by atoms with Gasteiger partial charge in [0.1, 0.15) is 12.2 Å². The predicted molar refractivity (Wildman–Crippen MR) is 60.2 cm³/mol. The molecule has 0 heterocycles. The van der Waals surface area contributed by atoms with Crippen LogP contribution in [0, 0.1) is 0 Å².